The predicted molar refractivity (Wildman–Crippen MR) is 72.6 cm³/mol. The lowest BCUT2D eigenvalue weighted by Gasteiger charge is -2.03. The minimum absolute atomic E-state index is 0.0889. The van der Waals surface area contributed by atoms with Crippen molar-refractivity contribution in [2.24, 2.45) is 0 Å². The molecule has 0 saturated heterocycles. The van der Waals surface area contributed by atoms with Gasteiger partial charge >= 0.3 is 0 Å². The van der Waals surface area contributed by atoms with E-state index in [9.17, 15) is 8.78 Å². The summed E-state index contributed by atoms with van der Waals surface area (Å²) in [5.74, 6) is -0.237. The second kappa shape index (κ2) is 5.75. The van der Waals surface area contributed by atoms with Gasteiger partial charge in [0, 0.05) is 5.56 Å². The van der Waals surface area contributed by atoms with Crippen LogP contribution < -0.4 is 4.74 Å². The third kappa shape index (κ3) is 3.08. The molecule has 0 saturated carbocycles. The molecule has 2 aromatic carbocycles. The average Bonchev–Trinajstić information content (AvgIpc) is 2.96. The van der Waals surface area contributed by atoms with Crippen molar-refractivity contribution >= 4 is 0 Å². The molecule has 0 aliphatic carbocycles. The standard InChI is InChI=1S/C16H11F2NO2/c17-12-7-5-11(6-8-12)16-19-13(10-21-16)9-20-15-4-2-1-3-14(15)18/h1-8,10H,9H2. The summed E-state index contributed by atoms with van der Waals surface area (Å²) in [5, 5.41) is 0. The van der Waals surface area contributed by atoms with Crippen LogP contribution in [0.1, 0.15) is 5.69 Å². The minimum Gasteiger partial charge on any atom is -0.484 e. The van der Waals surface area contributed by atoms with E-state index >= 15 is 0 Å². The second-order valence-corrected chi connectivity index (χ2v) is 4.37. The zero-order valence-electron chi connectivity index (χ0n) is 10.9. The van der Waals surface area contributed by atoms with Gasteiger partial charge in [0.1, 0.15) is 24.4 Å². The summed E-state index contributed by atoms with van der Waals surface area (Å²) in [7, 11) is 0. The Hall–Kier alpha value is -2.69. The van der Waals surface area contributed by atoms with Crippen molar-refractivity contribution in [3.8, 4) is 17.2 Å². The van der Waals surface area contributed by atoms with E-state index in [-0.39, 0.29) is 18.2 Å². The first-order valence-corrected chi connectivity index (χ1v) is 6.30. The van der Waals surface area contributed by atoms with Crippen LogP contribution in [0.5, 0.6) is 5.75 Å². The van der Waals surface area contributed by atoms with E-state index in [1.54, 1.807) is 24.3 Å². The van der Waals surface area contributed by atoms with Crippen LogP contribution in [0.2, 0.25) is 0 Å². The molecule has 0 spiro atoms. The summed E-state index contributed by atoms with van der Waals surface area (Å²) in [6, 6.07) is 11.9. The van der Waals surface area contributed by atoms with E-state index in [0.717, 1.165) is 0 Å². The van der Waals surface area contributed by atoms with Gasteiger partial charge in [-0.1, -0.05) is 12.1 Å². The number of hydrogen-bond acceptors (Lipinski definition) is 3. The number of para-hydroxylation sites is 1. The van der Waals surface area contributed by atoms with Crippen LogP contribution in [0.3, 0.4) is 0 Å². The van der Waals surface area contributed by atoms with Gasteiger partial charge in [0.15, 0.2) is 11.6 Å². The molecule has 0 radical (unpaired) electrons. The fourth-order valence-corrected chi connectivity index (χ4v) is 1.81. The summed E-state index contributed by atoms with van der Waals surface area (Å²) in [6.45, 7) is 0.0889. The Morgan fingerprint density at radius 1 is 1.00 bits per heavy atom. The van der Waals surface area contributed by atoms with E-state index in [2.05, 4.69) is 4.98 Å². The molecule has 0 N–H and O–H groups in total. The van der Waals surface area contributed by atoms with Crippen molar-refractivity contribution in [1.29, 1.82) is 0 Å². The molecular weight excluding hydrogens is 276 g/mol. The van der Waals surface area contributed by atoms with Crippen molar-refractivity contribution < 1.29 is 17.9 Å². The molecule has 1 aromatic heterocycles. The molecule has 0 amide bonds. The summed E-state index contributed by atoms with van der Waals surface area (Å²) in [6.07, 6.45) is 1.43. The monoisotopic (exact) mass is 287 g/mol. The largest absolute Gasteiger partial charge is 0.484 e. The molecule has 21 heavy (non-hydrogen) atoms. The van der Waals surface area contributed by atoms with Gasteiger partial charge in [-0.05, 0) is 36.4 Å². The highest BCUT2D eigenvalue weighted by molar-refractivity contribution is 5.52. The quantitative estimate of drug-likeness (QED) is 0.721. The van der Waals surface area contributed by atoms with E-state index in [0.29, 0.717) is 17.1 Å². The number of benzene rings is 2. The molecule has 106 valence electrons. The average molecular weight is 287 g/mol. The number of rotatable bonds is 4. The topological polar surface area (TPSA) is 35.3 Å². The van der Waals surface area contributed by atoms with E-state index in [4.69, 9.17) is 9.15 Å². The van der Waals surface area contributed by atoms with Gasteiger partial charge in [-0.3, -0.25) is 0 Å². The van der Waals surface area contributed by atoms with E-state index < -0.39 is 5.82 Å². The maximum Gasteiger partial charge on any atom is 0.226 e. The number of aromatic nitrogens is 1. The van der Waals surface area contributed by atoms with E-state index in [1.807, 2.05) is 0 Å². The third-order valence-electron chi connectivity index (χ3n) is 2.86. The fourth-order valence-electron chi connectivity index (χ4n) is 1.81. The molecule has 1 heterocycles. The Morgan fingerprint density at radius 3 is 2.52 bits per heavy atom. The lowest BCUT2D eigenvalue weighted by Crippen LogP contribution is -1.97. The Kier molecular flexibility index (Phi) is 3.64. The van der Waals surface area contributed by atoms with Crippen LogP contribution in [-0.4, -0.2) is 4.98 Å². The van der Waals surface area contributed by atoms with Gasteiger partial charge in [0.05, 0.1) is 0 Å². The van der Waals surface area contributed by atoms with E-state index in [1.165, 1.54) is 30.5 Å². The van der Waals surface area contributed by atoms with Crippen LogP contribution >= 0.6 is 0 Å². The number of halogens is 2. The van der Waals surface area contributed by atoms with Crippen LogP contribution in [0.25, 0.3) is 11.5 Å². The SMILES string of the molecule is Fc1ccc(-c2nc(COc3ccccc3F)co2)cc1. The molecule has 5 heteroatoms. The van der Waals surface area contributed by atoms with Crippen LogP contribution in [0.15, 0.2) is 59.2 Å². The Morgan fingerprint density at radius 2 is 1.76 bits per heavy atom. The van der Waals surface area contributed by atoms with Crippen molar-refractivity contribution in [3.05, 3.63) is 72.1 Å². The first kappa shape index (κ1) is 13.3. The zero-order chi connectivity index (χ0) is 14.7. The van der Waals surface area contributed by atoms with Crippen molar-refractivity contribution in [2.45, 2.75) is 6.61 Å². The third-order valence-corrected chi connectivity index (χ3v) is 2.86. The lowest BCUT2D eigenvalue weighted by molar-refractivity contribution is 0.285. The molecule has 0 aliphatic rings. The highest BCUT2D eigenvalue weighted by Crippen LogP contribution is 2.21. The summed E-state index contributed by atoms with van der Waals surface area (Å²) in [4.78, 5) is 4.22. The zero-order valence-corrected chi connectivity index (χ0v) is 10.9. The van der Waals surface area contributed by atoms with Gasteiger partial charge in [-0.2, -0.15) is 0 Å². The molecule has 0 aliphatic heterocycles. The second-order valence-electron chi connectivity index (χ2n) is 4.37. The van der Waals surface area contributed by atoms with Crippen LogP contribution in [0, 0.1) is 11.6 Å². The van der Waals surface area contributed by atoms with Crippen LogP contribution in [0.4, 0.5) is 8.78 Å². The van der Waals surface area contributed by atoms with Gasteiger partial charge in [0.25, 0.3) is 0 Å². The molecule has 3 nitrogen and oxygen atoms in total. The lowest BCUT2D eigenvalue weighted by atomic mass is 10.2. The summed E-state index contributed by atoms with van der Waals surface area (Å²) < 4.78 is 36.9. The molecule has 3 rings (SSSR count). The normalized spacial score (nSPS) is 10.6. The molecule has 0 unspecified atom stereocenters. The highest BCUT2D eigenvalue weighted by Gasteiger charge is 2.08. The number of nitrogens with zero attached hydrogens (tertiary/aromatic N) is 1. The van der Waals surface area contributed by atoms with Crippen LogP contribution in [-0.2, 0) is 6.61 Å². The Labute approximate surface area is 119 Å². The highest BCUT2D eigenvalue weighted by atomic mass is 19.1. The molecule has 0 fully saturated rings. The van der Waals surface area contributed by atoms with Gasteiger partial charge in [-0.15, -0.1) is 0 Å². The maximum atomic E-state index is 13.4. The van der Waals surface area contributed by atoms with Crippen molar-refractivity contribution in [2.75, 3.05) is 0 Å². The molecule has 0 bridgehead atoms. The predicted octanol–water partition coefficient (Wildman–Crippen LogP) is 4.20. The minimum atomic E-state index is -0.431. The van der Waals surface area contributed by atoms with Gasteiger partial charge < -0.3 is 9.15 Å². The molecular formula is C16H11F2NO2. The Bertz CT molecular complexity index is 738. The van der Waals surface area contributed by atoms with Crippen molar-refractivity contribution in [3.63, 3.8) is 0 Å². The smallest absolute Gasteiger partial charge is 0.226 e. The number of ether oxygens (including phenoxy) is 1. The first-order valence-electron chi connectivity index (χ1n) is 6.30. The summed E-state index contributed by atoms with van der Waals surface area (Å²) in [5.41, 5.74) is 1.19. The Balaban J connectivity index is 1.71. The maximum absolute atomic E-state index is 13.4. The first-order chi connectivity index (χ1) is 10.2. The fraction of sp³-hybridized carbons (Fsp3) is 0.0625. The molecule has 3 aromatic rings. The summed E-state index contributed by atoms with van der Waals surface area (Å²) >= 11 is 0. The van der Waals surface area contributed by atoms with Crippen molar-refractivity contribution in [1.82, 2.24) is 4.98 Å². The van der Waals surface area contributed by atoms with Gasteiger partial charge in [0.2, 0.25) is 5.89 Å². The number of oxazole rings is 1. The number of hydrogen-bond donors (Lipinski definition) is 0. The van der Waals surface area contributed by atoms with Gasteiger partial charge in [-0.25, -0.2) is 13.8 Å². The molecule has 0 atom stereocenters.